The minimum absolute atomic E-state index is 0.586. The molecule has 78 valence electrons. The molecule has 4 nitrogen and oxygen atoms in total. The van der Waals surface area contributed by atoms with Crippen molar-refractivity contribution in [3.63, 3.8) is 0 Å². The van der Waals surface area contributed by atoms with Gasteiger partial charge in [0, 0.05) is 18.4 Å². The summed E-state index contributed by atoms with van der Waals surface area (Å²) >= 11 is 1.65. The van der Waals surface area contributed by atoms with Crippen LogP contribution in [0.25, 0.3) is 0 Å². The van der Waals surface area contributed by atoms with Crippen LogP contribution in [-0.2, 0) is 11.2 Å². The van der Waals surface area contributed by atoms with E-state index in [4.69, 9.17) is 10.5 Å². The van der Waals surface area contributed by atoms with Crippen LogP contribution in [0.4, 0.5) is 5.82 Å². The van der Waals surface area contributed by atoms with Gasteiger partial charge in [0.15, 0.2) is 0 Å². The van der Waals surface area contributed by atoms with Gasteiger partial charge in [0.25, 0.3) is 0 Å². The van der Waals surface area contributed by atoms with Gasteiger partial charge in [-0.2, -0.15) is 0 Å². The summed E-state index contributed by atoms with van der Waals surface area (Å²) in [6.07, 6.45) is 2.37. The van der Waals surface area contributed by atoms with Crippen molar-refractivity contribution in [3.8, 4) is 0 Å². The first-order valence-electron chi connectivity index (χ1n) is 4.50. The number of nitrogens with two attached hydrogens (primary N) is 1. The number of aromatic nitrogens is 2. The van der Waals surface area contributed by atoms with Crippen LogP contribution in [-0.4, -0.2) is 29.4 Å². The number of rotatable bonds is 5. The molecule has 2 N–H and O–H groups in total. The number of hydrogen-bond donors (Lipinski definition) is 1. The fourth-order valence-corrected chi connectivity index (χ4v) is 2.08. The average molecular weight is 213 g/mol. The smallest absolute Gasteiger partial charge is 0.131 e. The van der Waals surface area contributed by atoms with Crippen LogP contribution in [0, 0.1) is 0 Å². The van der Waals surface area contributed by atoms with Gasteiger partial charge >= 0.3 is 0 Å². The molecule has 0 aromatic carbocycles. The first kappa shape index (κ1) is 11.3. The van der Waals surface area contributed by atoms with Crippen molar-refractivity contribution < 1.29 is 4.74 Å². The second-order valence-corrected chi connectivity index (χ2v) is 3.82. The molecule has 0 amide bonds. The summed E-state index contributed by atoms with van der Waals surface area (Å²) in [5.41, 5.74) is 6.78. The van der Waals surface area contributed by atoms with Crippen molar-refractivity contribution >= 4 is 17.6 Å². The van der Waals surface area contributed by atoms with Gasteiger partial charge in [0.05, 0.1) is 6.61 Å². The van der Waals surface area contributed by atoms with Crippen molar-refractivity contribution in [2.45, 2.75) is 18.4 Å². The second-order valence-electron chi connectivity index (χ2n) is 2.74. The van der Waals surface area contributed by atoms with E-state index in [-0.39, 0.29) is 0 Å². The highest BCUT2D eigenvalue weighted by Gasteiger charge is 2.06. The molecule has 0 aliphatic heterocycles. The number of hydrogen-bond acceptors (Lipinski definition) is 5. The Bertz CT molecular complexity index is 293. The van der Waals surface area contributed by atoms with Crippen LogP contribution in [0.2, 0.25) is 0 Å². The number of anilines is 1. The third-order valence-electron chi connectivity index (χ3n) is 1.82. The molecule has 0 aliphatic rings. The minimum Gasteiger partial charge on any atom is -0.384 e. The molecule has 0 bridgehead atoms. The van der Waals surface area contributed by atoms with Gasteiger partial charge in [0.1, 0.15) is 17.2 Å². The van der Waals surface area contributed by atoms with Crippen molar-refractivity contribution in [3.05, 3.63) is 11.9 Å². The number of nitrogen functional groups attached to an aromatic ring is 1. The van der Waals surface area contributed by atoms with E-state index >= 15 is 0 Å². The molecule has 1 aromatic rings. The Balaban J connectivity index is 2.70. The van der Waals surface area contributed by atoms with E-state index in [1.165, 1.54) is 6.33 Å². The van der Waals surface area contributed by atoms with Crippen molar-refractivity contribution in [2.24, 2.45) is 0 Å². The normalized spacial score (nSPS) is 10.4. The predicted molar refractivity (Wildman–Crippen MR) is 58.4 cm³/mol. The van der Waals surface area contributed by atoms with Crippen LogP contribution >= 0.6 is 11.8 Å². The number of ether oxygens (including phenoxy) is 1. The van der Waals surface area contributed by atoms with Crippen molar-refractivity contribution in [1.29, 1.82) is 0 Å². The fourth-order valence-electron chi connectivity index (χ4n) is 1.09. The topological polar surface area (TPSA) is 61.0 Å². The molecule has 0 spiro atoms. The second kappa shape index (κ2) is 5.82. The van der Waals surface area contributed by atoms with Gasteiger partial charge in [0.2, 0.25) is 0 Å². The fraction of sp³-hybridized carbons (Fsp3) is 0.556. The Morgan fingerprint density at radius 2 is 2.29 bits per heavy atom. The summed E-state index contributed by atoms with van der Waals surface area (Å²) in [4.78, 5) is 8.16. The van der Waals surface area contributed by atoms with E-state index in [9.17, 15) is 0 Å². The van der Waals surface area contributed by atoms with Gasteiger partial charge in [-0.15, -0.1) is 11.8 Å². The minimum atomic E-state index is 0.586. The molecule has 0 atom stereocenters. The van der Waals surface area contributed by atoms with E-state index in [0.29, 0.717) is 5.82 Å². The Morgan fingerprint density at radius 3 is 2.93 bits per heavy atom. The quantitative estimate of drug-likeness (QED) is 0.454. The molecule has 0 saturated heterocycles. The van der Waals surface area contributed by atoms with Crippen molar-refractivity contribution in [2.75, 3.05) is 25.2 Å². The zero-order valence-electron chi connectivity index (χ0n) is 8.49. The molecule has 1 heterocycles. The summed E-state index contributed by atoms with van der Waals surface area (Å²) in [6.45, 7) is 2.77. The Labute approximate surface area is 88.3 Å². The lowest BCUT2D eigenvalue weighted by atomic mass is 10.2. The summed E-state index contributed by atoms with van der Waals surface area (Å²) in [5.74, 6) is 1.47. The van der Waals surface area contributed by atoms with Gasteiger partial charge in [-0.25, -0.2) is 9.97 Å². The lowest BCUT2D eigenvalue weighted by Gasteiger charge is -2.07. The third-order valence-corrected chi connectivity index (χ3v) is 2.81. The van der Waals surface area contributed by atoms with Crippen LogP contribution < -0.4 is 5.73 Å². The standard InChI is InChI=1S/C9H15N3OS/c1-3-7-8(10)11-6-12-9(7)14-5-4-13-2/h6H,3-5H2,1-2H3,(H2,10,11,12). The van der Waals surface area contributed by atoms with E-state index in [2.05, 4.69) is 16.9 Å². The number of thioether (sulfide) groups is 1. The SMILES string of the molecule is CCc1c(N)ncnc1SCCOC. The van der Waals surface area contributed by atoms with Crippen molar-refractivity contribution in [1.82, 2.24) is 9.97 Å². The molecule has 0 aliphatic carbocycles. The van der Waals surface area contributed by atoms with Crippen LogP contribution in [0.1, 0.15) is 12.5 Å². The summed E-state index contributed by atoms with van der Waals surface area (Å²) in [7, 11) is 1.69. The molecular formula is C9H15N3OS. The van der Waals surface area contributed by atoms with E-state index in [0.717, 1.165) is 29.4 Å². The van der Waals surface area contributed by atoms with Gasteiger partial charge in [-0.3, -0.25) is 0 Å². The van der Waals surface area contributed by atoms with Crippen LogP contribution in [0.15, 0.2) is 11.4 Å². The first-order valence-corrected chi connectivity index (χ1v) is 5.49. The maximum atomic E-state index is 5.74. The maximum absolute atomic E-state index is 5.74. The summed E-state index contributed by atoms with van der Waals surface area (Å²) in [5, 5.41) is 0.969. The molecular weight excluding hydrogens is 198 g/mol. The summed E-state index contributed by atoms with van der Waals surface area (Å²) in [6, 6.07) is 0. The molecule has 0 saturated carbocycles. The molecule has 0 fully saturated rings. The molecule has 1 rings (SSSR count). The first-order chi connectivity index (χ1) is 6.79. The highest BCUT2D eigenvalue weighted by atomic mass is 32.2. The lowest BCUT2D eigenvalue weighted by molar-refractivity contribution is 0.218. The zero-order chi connectivity index (χ0) is 10.4. The summed E-state index contributed by atoms with van der Waals surface area (Å²) < 4.78 is 4.97. The largest absolute Gasteiger partial charge is 0.384 e. The molecule has 14 heavy (non-hydrogen) atoms. The van der Waals surface area contributed by atoms with E-state index in [1.54, 1.807) is 18.9 Å². The van der Waals surface area contributed by atoms with E-state index in [1.807, 2.05) is 0 Å². The third kappa shape index (κ3) is 2.85. The highest BCUT2D eigenvalue weighted by Crippen LogP contribution is 2.23. The predicted octanol–water partition coefficient (Wildman–Crippen LogP) is 1.36. The van der Waals surface area contributed by atoms with Gasteiger partial charge in [-0.05, 0) is 6.42 Å². The number of nitrogens with zero attached hydrogens (tertiary/aromatic N) is 2. The molecule has 5 heteroatoms. The van der Waals surface area contributed by atoms with Gasteiger partial charge < -0.3 is 10.5 Å². The van der Waals surface area contributed by atoms with Gasteiger partial charge in [-0.1, -0.05) is 6.92 Å². The maximum Gasteiger partial charge on any atom is 0.131 e. The Kier molecular flexibility index (Phi) is 4.69. The monoisotopic (exact) mass is 213 g/mol. The van der Waals surface area contributed by atoms with Crippen LogP contribution in [0.5, 0.6) is 0 Å². The zero-order valence-corrected chi connectivity index (χ0v) is 9.30. The highest BCUT2D eigenvalue weighted by molar-refractivity contribution is 7.99. The van der Waals surface area contributed by atoms with E-state index < -0.39 is 0 Å². The van der Waals surface area contributed by atoms with Crippen LogP contribution in [0.3, 0.4) is 0 Å². The lowest BCUT2D eigenvalue weighted by Crippen LogP contribution is -2.02. The Hall–Kier alpha value is -0.810. The number of methoxy groups -OCH3 is 1. The molecule has 0 radical (unpaired) electrons. The molecule has 1 aromatic heterocycles. The Morgan fingerprint density at radius 1 is 1.50 bits per heavy atom. The average Bonchev–Trinajstić information content (AvgIpc) is 2.18. The molecule has 0 unspecified atom stereocenters.